The Morgan fingerprint density at radius 1 is 1.17 bits per heavy atom. The Balaban J connectivity index is 1.72. The van der Waals surface area contributed by atoms with E-state index in [0.29, 0.717) is 19.0 Å². The normalized spacial score (nSPS) is 18.1. The molecule has 24 heavy (non-hydrogen) atoms. The van der Waals surface area contributed by atoms with Crippen LogP contribution in [-0.4, -0.2) is 47.7 Å². The average Bonchev–Trinajstić information content (AvgIpc) is 2.58. The largest absolute Gasteiger partial charge is 0.481 e. The van der Waals surface area contributed by atoms with Crippen LogP contribution < -0.4 is 10.6 Å². The molecule has 2 amide bonds. The van der Waals surface area contributed by atoms with Gasteiger partial charge in [-0.25, -0.2) is 4.79 Å². The highest BCUT2D eigenvalue weighted by Crippen LogP contribution is 2.17. The number of unbranched alkanes of at least 4 members (excludes halogenated alkanes) is 1. The van der Waals surface area contributed by atoms with Crippen molar-refractivity contribution in [2.45, 2.75) is 44.6 Å². The summed E-state index contributed by atoms with van der Waals surface area (Å²) in [6.07, 6.45) is 5.25. The molecule has 1 saturated heterocycles. The minimum Gasteiger partial charge on any atom is -0.481 e. The summed E-state index contributed by atoms with van der Waals surface area (Å²) in [5.41, 5.74) is 0.782. The first kappa shape index (κ1) is 18.3. The molecule has 0 bridgehead atoms. The van der Waals surface area contributed by atoms with Gasteiger partial charge in [0.1, 0.15) is 0 Å². The molecule has 132 valence electrons. The Morgan fingerprint density at radius 3 is 2.71 bits per heavy atom. The monoisotopic (exact) mass is 333 g/mol. The fourth-order valence-corrected chi connectivity index (χ4v) is 3.08. The van der Waals surface area contributed by atoms with Crippen molar-refractivity contribution in [3.8, 4) is 0 Å². The lowest BCUT2D eigenvalue weighted by Crippen LogP contribution is -2.47. The SMILES string of the molecule is O=C(O)CCCCN1CCCCC1CNC(=O)Nc1ccccc1. The van der Waals surface area contributed by atoms with Crippen molar-refractivity contribution >= 4 is 17.7 Å². The number of piperidine rings is 1. The van der Waals surface area contributed by atoms with Crippen molar-refractivity contribution in [2.75, 3.05) is 25.0 Å². The fraction of sp³-hybridized carbons (Fsp3) is 0.556. The van der Waals surface area contributed by atoms with Crippen LogP contribution in [0.4, 0.5) is 10.5 Å². The van der Waals surface area contributed by atoms with Gasteiger partial charge in [0.15, 0.2) is 0 Å². The highest BCUT2D eigenvalue weighted by atomic mass is 16.4. The number of aliphatic carboxylic acids is 1. The average molecular weight is 333 g/mol. The molecule has 1 atom stereocenters. The Morgan fingerprint density at radius 2 is 1.96 bits per heavy atom. The second kappa shape index (κ2) is 9.93. The van der Waals surface area contributed by atoms with Crippen molar-refractivity contribution < 1.29 is 14.7 Å². The van der Waals surface area contributed by atoms with Crippen LogP contribution in [0.1, 0.15) is 38.5 Å². The number of urea groups is 1. The molecule has 1 aromatic rings. The third-order valence-corrected chi connectivity index (χ3v) is 4.36. The summed E-state index contributed by atoms with van der Waals surface area (Å²) >= 11 is 0. The van der Waals surface area contributed by atoms with Crippen LogP contribution >= 0.6 is 0 Å². The highest BCUT2D eigenvalue weighted by molar-refractivity contribution is 5.89. The molecule has 0 saturated carbocycles. The van der Waals surface area contributed by atoms with Crippen LogP contribution in [0.3, 0.4) is 0 Å². The number of anilines is 1. The molecule has 1 heterocycles. The third-order valence-electron chi connectivity index (χ3n) is 4.36. The van der Waals surface area contributed by atoms with Crippen molar-refractivity contribution in [3.05, 3.63) is 30.3 Å². The Labute approximate surface area is 143 Å². The van der Waals surface area contributed by atoms with Gasteiger partial charge >= 0.3 is 12.0 Å². The fourth-order valence-electron chi connectivity index (χ4n) is 3.08. The molecule has 0 aromatic heterocycles. The standard InChI is InChI=1S/C18H27N3O3/c22-17(23)11-5-7-13-21-12-6-4-10-16(21)14-19-18(24)20-15-8-2-1-3-9-15/h1-3,8-9,16H,4-7,10-14H2,(H,22,23)(H2,19,20,24). The molecule has 1 aromatic carbocycles. The summed E-state index contributed by atoms with van der Waals surface area (Å²) in [6.45, 7) is 2.55. The van der Waals surface area contributed by atoms with Crippen LogP contribution in [0.25, 0.3) is 0 Å². The van der Waals surface area contributed by atoms with Crippen molar-refractivity contribution in [1.82, 2.24) is 10.2 Å². The van der Waals surface area contributed by atoms with E-state index >= 15 is 0 Å². The number of carboxylic acid groups (broad SMARTS) is 1. The summed E-state index contributed by atoms with van der Waals surface area (Å²) in [5.74, 6) is -0.732. The summed E-state index contributed by atoms with van der Waals surface area (Å²) in [7, 11) is 0. The number of nitrogens with zero attached hydrogens (tertiary/aromatic N) is 1. The van der Waals surface area contributed by atoms with Gasteiger partial charge in [0.25, 0.3) is 0 Å². The van der Waals surface area contributed by atoms with Crippen LogP contribution in [0.5, 0.6) is 0 Å². The van der Waals surface area contributed by atoms with E-state index in [2.05, 4.69) is 15.5 Å². The van der Waals surface area contributed by atoms with Crippen LogP contribution in [0.15, 0.2) is 30.3 Å². The third kappa shape index (κ3) is 6.58. The van der Waals surface area contributed by atoms with Crippen LogP contribution in [0.2, 0.25) is 0 Å². The Hall–Kier alpha value is -2.08. The molecule has 6 heteroatoms. The molecular weight excluding hydrogens is 306 g/mol. The number of carbonyl (C=O) groups is 2. The molecule has 1 aliphatic heterocycles. The zero-order chi connectivity index (χ0) is 17.2. The van der Waals surface area contributed by atoms with Gasteiger partial charge in [0, 0.05) is 24.7 Å². The van der Waals surface area contributed by atoms with Crippen LogP contribution in [0, 0.1) is 0 Å². The lowest BCUT2D eigenvalue weighted by Gasteiger charge is -2.35. The number of hydrogen-bond donors (Lipinski definition) is 3. The maximum atomic E-state index is 12.0. The van der Waals surface area contributed by atoms with Gasteiger partial charge < -0.3 is 15.7 Å². The minimum absolute atomic E-state index is 0.183. The number of carboxylic acids is 1. The number of carbonyl (C=O) groups excluding carboxylic acids is 1. The quantitative estimate of drug-likeness (QED) is 0.639. The molecule has 0 aliphatic carbocycles. The van der Waals surface area contributed by atoms with E-state index < -0.39 is 5.97 Å². The van der Waals surface area contributed by atoms with E-state index in [1.807, 2.05) is 30.3 Å². The smallest absolute Gasteiger partial charge is 0.319 e. The first-order chi connectivity index (χ1) is 11.6. The molecule has 1 fully saturated rings. The molecule has 6 nitrogen and oxygen atoms in total. The van der Waals surface area contributed by atoms with Crippen molar-refractivity contribution in [2.24, 2.45) is 0 Å². The number of rotatable bonds is 8. The van der Waals surface area contributed by atoms with E-state index in [9.17, 15) is 9.59 Å². The molecule has 3 N–H and O–H groups in total. The zero-order valence-electron chi connectivity index (χ0n) is 14.0. The summed E-state index contributed by atoms with van der Waals surface area (Å²) in [5, 5.41) is 14.5. The zero-order valence-corrected chi connectivity index (χ0v) is 14.0. The first-order valence-electron chi connectivity index (χ1n) is 8.71. The number of hydrogen-bond acceptors (Lipinski definition) is 3. The van der Waals surface area contributed by atoms with Gasteiger partial charge in [0.05, 0.1) is 0 Å². The molecule has 1 unspecified atom stereocenters. The number of likely N-dealkylation sites (tertiary alicyclic amines) is 1. The van der Waals surface area contributed by atoms with Gasteiger partial charge in [-0.3, -0.25) is 9.69 Å². The second-order valence-corrected chi connectivity index (χ2v) is 6.24. The molecule has 0 radical (unpaired) electrons. The number of benzene rings is 1. The maximum absolute atomic E-state index is 12.0. The van der Waals surface area contributed by atoms with E-state index in [0.717, 1.165) is 31.6 Å². The summed E-state index contributed by atoms with van der Waals surface area (Å²) in [6, 6.07) is 9.55. The van der Waals surface area contributed by atoms with Gasteiger partial charge in [-0.15, -0.1) is 0 Å². The Bertz CT molecular complexity index is 522. The maximum Gasteiger partial charge on any atom is 0.319 e. The van der Waals surface area contributed by atoms with Crippen molar-refractivity contribution in [1.29, 1.82) is 0 Å². The van der Waals surface area contributed by atoms with Gasteiger partial charge in [-0.2, -0.15) is 0 Å². The summed E-state index contributed by atoms with van der Waals surface area (Å²) < 4.78 is 0. The van der Waals surface area contributed by atoms with E-state index in [-0.39, 0.29) is 12.5 Å². The van der Waals surface area contributed by atoms with E-state index in [1.54, 1.807) is 0 Å². The number of para-hydroxylation sites is 1. The number of amides is 2. The highest BCUT2D eigenvalue weighted by Gasteiger charge is 2.22. The second-order valence-electron chi connectivity index (χ2n) is 6.24. The Kier molecular flexibility index (Phi) is 7.55. The lowest BCUT2D eigenvalue weighted by atomic mass is 10.0. The molecular formula is C18H27N3O3. The lowest BCUT2D eigenvalue weighted by molar-refractivity contribution is -0.137. The number of nitrogens with one attached hydrogen (secondary N) is 2. The molecule has 1 aliphatic rings. The molecule has 0 spiro atoms. The topological polar surface area (TPSA) is 81.7 Å². The first-order valence-corrected chi connectivity index (χ1v) is 8.71. The van der Waals surface area contributed by atoms with E-state index in [4.69, 9.17) is 5.11 Å². The van der Waals surface area contributed by atoms with Gasteiger partial charge in [-0.1, -0.05) is 24.6 Å². The predicted molar refractivity (Wildman–Crippen MR) is 94.2 cm³/mol. The molecule has 2 rings (SSSR count). The van der Waals surface area contributed by atoms with Crippen LogP contribution in [-0.2, 0) is 4.79 Å². The minimum atomic E-state index is -0.732. The van der Waals surface area contributed by atoms with Crippen molar-refractivity contribution in [3.63, 3.8) is 0 Å². The van der Waals surface area contributed by atoms with Gasteiger partial charge in [-0.05, 0) is 50.9 Å². The summed E-state index contributed by atoms with van der Waals surface area (Å²) in [4.78, 5) is 24.9. The van der Waals surface area contributed by atoms with E-state index in [1.165, 1.54) is 12.8 Å². The predicted octanol–water partition coefficient (Wildman–Crippen LogP) is 2.92. The van der Waals surface area contributed by atoms with Gasteiger partial charge in [0.2, 0.25) is 0 Å².